The van der Waals surface area contributed by atoms with E-state index in [0.717, 1.165) is 19.3 Å². The van der Waals surface area contributed by atoms with Crippen LogP contribution in [0.15, 0.2) is 24.3 Å². The van der Waals surface area contributed by atoms with Crippen molar-refractivity contribution in [3.05, 3.63) is 24.3 Å². The summed E-state index contributed by atoms with van der Waals surface area (Å²) in [6, 6.07) is 0. The number of aliphatic hydroxyl groups is 1. The van der Waals surface area contributed by atoms with Gasteiger partial charge in [0.2, 0.25) is 0 Å². The van der Waals surface area contributed by atoms with E-state index >= 15 is 0 Å². The smallest absolute Gasteiger partial charge is 0.303 e. The highest BCUT2D eigenvalue weighted by atomic mass is 19.3. The van der Waals surface area contributed by atoms with Crippen molar-refractivity contribution in [1.82, 2.24) is 0 Å². The van der Waals surface area contributed by atoms with Crippen molar-refractivity contribution >= 4 is 11.8 Å². The van der Waals surface area contributed by atoms with Crippen LogP contribution in [0.5, 0.6) is 0 Å². The molecule has 27 heavy (non-hydrogen) atoms. The first kappa shape index (κ1) is 23.5. The molecule has 0 aromatic heterocycles. The van der Waals surface area contributed by atoms with Gasteiger partial charge in [-0.2, -0.15) is 0 Å². The van der Waals surface area contributed by atoms with Crippen molar-refractivity contribution in [2.24, 2.45) is 11.8 Å². The van der Waals surface area contributed by atoms with Gasteiger partial charge in [0.05, 0.1) is 12.0 Å². The molecule has 0 amide bonds. The molecule has 0 heterocycles. The molecule has 6 heteroatoms. The van der Waals surface area contributed by atoms with Crippen LogP contribution < -0.4 is 0 Å². The zero-order valence-electron chi connectivity index (χ0n) is 16.3. The van der Waals surface area contributed by atoms with Crippen LogP contribution in [-0.4, -0.2) is 33.5 Å². The SMILES string of the molecule is CCCCC[C@](C)(O)/C=C/C1C(=O)CC(F)(F)C1C/C=C\CCCC(=O)O. The van der Waals surface area contributed by atoms with Crippen LogP contribution in [0.25, 0.3) is 0 Å². The fourth-order valence-electron chi connectivity index (χ4n) is 3.39. The van der Waals surface area contributed by atoms with E-state index in [1.807, 2.05) is 0 Å². The number of unbranched alkanes of at least 4 members (excludes halogenated alkanes) is 3. The average molecular weight is 386 g/mol. The molecule has 0 radical (unpaired) electrons. The van der Waals surface area contributed by atoms with Crippen LogP contribution in [0.4, 0.5) is 8.78 Å². The summed E-state index contributed by atoms with van der Waals surface area (Å²) in [7, 11) is 0. The first-order valence-electron chi connectivity index (χ1n) is 9.78. The van der Waals surface area contributed by atoms with Gasteiger partial charge in [0.1, 0.15) is 5.78 Å². The number of ketones is 1. The van der Waals surface area contributed by atoms with Crippen LogP contribution >= 0.6 is 0 Å². The van der Waals surface area contributed by atoms with E-state index in [1.165, 1.54) is 12.2 Å². The molecule has 2 N–H and O–H groups in total. The van der Waals surface area contributed by atoms with E-state index in [-0.39, 0.29) is 12.8 Å². The van der Waals surface area contributed by atoms with E-state index in [0.29, 0.717) is 19.3 Å². The Balaban J connectivity index is 2.69. The summed E-state index contributed by atoms with van der Waals surface area (Å²) in [6.45, 7) is 3.69. The van der Waals surface area contributed by atoms with Gasteiger partial charge in [0, 0.05) is 18.3 Å². The van der Waals surface area contributed by atoms with Gasteiger partial charge in [0.25, 0.3) is 5.92 Å². The zero-order chi connectivity index (χ0) is 20.5. The lowest BCUT2D eigenvalue weighted by Crippen LogP contribution is -2.26. The number of hydrogen-bond donors (Lipinski definition) is 2. The van der Waals surface area contributed by atoms with Gasteiger partial charge in [-0.15, -0.1) is 0 Å². The number of carbonyl (C=O) groups is 2. The topological polar surface area (TPSA) is 74.6 Å². The molecule has 3 atom stereocenters. The minimum Gasteiger partial charge on any atom is -0.481 e. The van der Waals surface area contributed by atoms with Gasteiger partial charge in [-0.05, 0) is 32.6 Å². The second-order valence-corrected chi connectivity index (χ2v) is 7.70. The van der Waals surface area contributed by atoms with Crippen LogP contribution in [0, 0.1) is 11.8 Å². The van der Waals surface area contributed by atoms with E-state index in [2.05, 4.69) is 6.92 Å². The van der Waals surface area contributed by atoms with Gasteiger partial charge in [-0.25, -0.2) is 8.78 Å². The first-order valence-corrected chi connectivity index (χ1v) is 9.78. The summed E-state index contributed by atoms with van der Waals surface area (Å²) in [5.41, 5.74) is -1.11. The van der Waals surface area contributed by atoms with Crippen molar-refractivity contribution in [1.29, 1.82) is 0 Å². The Labute approximate surface area is 160 Å². The third-order valence-corrected chi connectivity index (χ3v) is 5.02. The number of carboxylic acids is 1. The largest absolute Gasteiger partial charge is 0.481 e. The summed E-state index contributed by atoms with van der Waals surface area (Å²) in [5, 5.41) is 19.0. The van der Waals surface area contributed by atoms with Gasteiger partial charge in [-0.1, -0.05) is 50.5 Å². The third-order valence-electron chi connectivity index (χ3n) is 5.02. The minimum absolute atomic E-state index is 0.0426. The predicted octanol–water partition coefficient (Wildman–Crippen LogP) is 4.92. The molecule has 0 aromatic rings. The number of rotatable bonds is 12. The number of allylic oxidation sites excluding steroid dienone is 3. The van der Waals surface area contributed by atoms with Gasteiger partial charge in [-0.3, -0.25) is 9.59 Å². The van der Waals surface area contributed by atoms with Crippen molar-refractivity contribution < 1.29 is 28.6 Å². The minimum atomic E-state index is -3.06. The summed E-state index contributed by atoms with van der Waals surface area (Å²) in [4.78, 5) is 22.5. The van der Waals surface area contributed by atoms with Crippen LogP contribution in [0.3, 0.4) is 0 Å². The van der Waals surface area contributed by atoms with Gasteiger partial charge >= 0.3 is 5.97 Å². The number of carbonyl (C=O) groups excluding carboxylic acids is 1. The summed E-state index contributed by atoms with van der Waals surface area (Å²) in [6.07, 6.45) is 9.93. The Kier molecular flexibility index (Phi) is 9.30. The highest BCUT2D eigenvalue weighted by Gasteiger charge is 2.53. The number of Topliss-reactive ketones (excluding diaryl/α,β-unsaturated/α-hetero) is 1. The Morgan fingerprint density at radius 2 is 2.00 bits per heavy atom. The fraction of sp³-hybridized carbons (Fsp3) is 0.714. The molecule has 1 fully saturated rings. The number of halogens is 2. The van der Waals surface area contributed by atoms with Crippen molar-refractivity contribution in [3.8, 4) is 0 Å². The average Bonchev–Trinajstić information content (AvgIpc) is 2.77. The molecule has 0 spiro atoms. The second kappa shape index (κ2) is 10.7. The molecular formula is C21H32F2O4. The fourth-order valence-corrected chi connectivity index (χ4v) is 3.39. The second-order valence-electron chi connectivity index (χ2n) is 7.70. The Morgan fingerprint density at radius 1 is 1.30 bits per heavy atom. The van der Waals surface area contributed by atoms with Crippen LogP contribution in [0.1, 0.15) is 71.6 Å². The summed E-state index contributed by atoms with van der Waals surface area (Å²) >= 11 is 0. The number of hydrogen-bond acceptors (Lipinski definition) is 3. The zero-order valence-corrected chi connectivity index (χ0v) is 16.3. The molecule has 0 saturated heterocycles. The Morgan fingerprint density at radius 3 is 2.63 bits per heavy atom. The molecule has 1 aliphatic rings. The maximum atomic E-state index is 14.2. The maximum Gasteiger partial charge on any atom is 0.303 e. The lowest BCUT2D eigenvalue weighted by molar-refractivity contribution is -0.137. The van der Waals surface area contributed by atoms with Crippen molar-refractivity contribution in [2.75, 3.05) is 0 Å². The van der Waals surface area contributed by atoms with Crippen LogP contribution in [0.2, 0.25) is 0 Å². The van der Waals surface area contributed by atoms with E-state index in [9.17, 15) is 23.5 Å². The van der Waals surface area contributed by atoms with E-state index in [4.69, 9.17) is 5.11 Å². The molecule has 0 aromatic carbocycles. The predicted molar refractivity (Wildman–Crippen MR) is 101 cm³/mol. The molecule has 154 valence electrons. The van der Waals surface area contributed by atoms with E-state index < -0.39 is 41.5 Å². The molecule has 0 bridgehead atoms. The molecule has 1 rings (SSSR count). The monoisotopic (exact) mass is 386 g/mol. The van der Waals surface area contributed by atoms with Crippen molar-refractivity contribution in [2.45, 2.75) is 83.2 Å². The quantitative estimate of drug-likeness (QED) is 0.369. The number of carboxylic acid groups (broad SMARTS) is 1. The molecule has 1 saturated carbocycles. The number of aliphatic carboxylic acids is 1. The highest BCUT2D eigenvalue weighted by molar-refractivity contribution is 5.86. The van der Waals surface area contributed by atoms with Gasteiger partial charge < -0.3 is 10.2 Å². The lowest BCUT2D eigenvalue weighted by Gasteiger charge is -2.22. The Hall–Kier alpha value is -1.56. The normalized spacial score (nSPS) is 24.7. The maximum absolute atomic E-state index is 14.2. The molecule has 4 nitrogen and oxygen atoms in total. The van der Waals surface area contributed by atoms with Gasteiger partial charge in [0.15, 0.2) is 0 Å². The summed E-state index contributed by atoms with van der Waals surface area (Å²) < 4.78 is 28.5. The standard InChI is InChI=1S/C21H32F2O4/c1-3-4-9-13-20(2,27)14-12-16-17(21(22,23)15-18(16)24)10-7-5-6-8-11-19(25)26/h5,7,12,14,16-17,27H,3-4,6,8-11,13,15H2,1-2H3,(H,25,26)/b7-5-,14-12+/t16?,17?,20-/m0/s1. The first-order chi connectivity index (χ1) is 12.6. The molecule has 2 unspecified atom stereocenters. The number of alkyl halides is 2. The Bertz CT molecular complexity index is 552. The molecular weight excluding hydrogens is 354 g/mol. The summed E-state index contributed by atoms with van der Waals surface area (Å²) in [5.74, 6) is -6.46. The van der Waals surface area contributed by atoms with Crippen LogP contribution in [-0.2, 0) is 9.59 Å². The highest BCUT2D eigenvalue weighted by Crippen LogP contribution is 2.45. The molecule has 1 aliphatic carbocycles. The van der Waals surface area contributed by atoms with E-state index in [1.54, 1.807) is 19.1 Å². The molecule has 0 aliphatic heterocycles. The lowest BCUT2D eigenvalue weighted by atomic mass is 9.88. The van der Waals surface area contributed by atoms with Crippen molar-refractivity contribution in [3.63, 3.8) is 0 Å². The third kappa shape index (κ3) is 8.33.